The van der Waals surface area contributed by atoms with E-state index in [0.717, 1.165) is 5.56 Å². The Balaban J connectivity index is 1.96. The molecule has 1 atom stereocenters. The molecule has 0 bridgehead atoms. The molecule has 4 aromatic rings. The van der Waals surface area contributed by atoms with Crippen molar-refractivity contribution in [2.75, 3.05) is 7.11 Å². The molecule has 0 aliphatic carbocycles. The summed E-state index contributed by atoms with van der Waals surface area (Å²) in [7, 11) is 1.59. The number of rotatable bonds is 6. The minimum absolute atomic E-state index is 0.0268. The predicted octanol–water partition coefficient (Wildman–Crippen LogP) is 4.14. The maximum Gasteiger partial charge on any atom is 0.270 e. The van der Waals surface area contributed by atoms with E-state index in [1.54, 1.807) is 19.2 Å². The van der Waals surface area contributed by atoms with E-state index in [0.29, 0.717) is 28.3 Å². The molecule has 31 heavy (non-hydrogen) atoms. The molecule has 0 aliphatic heterocycles. The number of nitro groups is 1. The van der Waals surface area contributed by atoms with Crippen molar-refractivity contribution in [2.45, 2.75) is 13.0 Å². The van der Waals surface area contributed by atoms with Gasteiger partial charge in [0.05, 0.1) is 29.5 Å². The highest BCUT2D eigenvalue weighted by molar-refractivity contribution is 5.76. The third kappa shape index (κ3) is 3.95. The Morgan fingerprint density at radius 3 is 2.58 bits per heavy atom. The lowest BCUT2D eigenvalue weighted by molar-refractivity contribution is -0.384. The molecule has 2 aromatic carbocycles. The second kappa shape index (κ2) is 8.27. The van der Waals surface area contributed by atoms with E-state index < -0.39 is 11.0 Å². The van der Waals surface area contributed by atoms with Gasteiger partial charge in [0.15, 0.2) is 0 Å². The number of pyridine rings is 1. The Morgan fingerprint density at radius 1 is 1.13 bits per heavy atom. The molecule has 0 fully saturated rings. The second-order valence-electron chi connectivity index (χ2n) is 6.99. The Kier molecular flexibility index (Phi) is 5.36. The van der Waals surface area contributed by atoms with E-state index >= 15 is 0 Å². The maximum absolute atomic E-state index is 12.1. The van der Waals surface area contributed by atoms with Crippen LogP contribution in [0, 0.1) is 10.1 Å². The van der Waals surface area contributed by atoms with Crippen molar-refractivity contribution in [2.24, 2.45) is 0 Å². The third-order valence-corrected chi connectivity index (χ3v) is 4.97. The number of ether oxygens (including phenoxy) is 1. The number of nitrogens with zero attached hydrogens (tertiary/aromatic N) is 3. The average Bonchev–Trinajstić information content (AvgIpc) is 3.17. The monoisotopic (exact) mass is 416 g/mol. The number of carbonyl (C=O) groups is 1. The molecule has 1 amide bonds. The summed E-state index contributed by atoms with van der Waals surface area (Å²) in [5.41, 5.74) is 3.33. The number of methoxy groups -OCH3 is 1. The molecule has 0 aliphatic rings. The van der Waals surface area contributed by atoms with E-state index in [9.17, 15) is 14.9 Å². The number of nitro benzene ring substituents is 1. The minimum Gasteiger partial charge on any atom is -0.497 e. The van der Waals surface area contributed by atoms with Crippen molar-refractivity contribution in [3.05, 3.63) is 94.3 Å². The van der Waals surface area contributed by atoms with Crippen LogP contribution in [0.4, 0.5) is 5.69 Å². The predicted molar refractivity (Wildman–Crippen MR) is 116 cm³/mol. The molecule has 4 rings (SSSR count). The second-order valence-corrected chi connectivity index (χ2v) is 6.99. The number of amides is 1. The zero-order valence-corrected chi connectivity index (χ0v) is 17.0. The fourth-order valence-electron chi connectivity index (χ4n) is 3.58. The van der Waals surface area contributed by atoms with Crippen molar-refractivity contribution in [3.63, 3.8) is 0 Å². The average molecular weight is 416 g/mol. The van der Waals surface area contributed by atoms with Crippen LogP contribution in [0.2, 0.25) is 0 Å². The molecular weight excluding hydrogens is 396 g/mol. The van der Waals surface area contributed by atoms with Crippen molar-refractivity contribution in [3.8, 4) is 17.0 Å². The van der Waals surface area contributed by atoms with Crippen LogP contribution in [0.3, 0.4) is 0 Å². The summed E-state index contributed by atoms with van der Waals surface area (Å²) in [5.74, 6) is 0.485. The fourth-order valence-corrected chi connectivity index (χ4v) is 3.58. The van der Waals surface area contributed by atoms with Gasteiger partial charge in [0.1, 0.15) is 11.4 Å². The van der Waals surface area contributed by atoms with Crippen LogP contribution < -0.4 is 10.1 Å². The van der Waals surface area contributed by atoms with Crippen LogP contribution in [-0.4, -0.2) is 27.3 Å². The number of carbonyl (C=O) groups excluding carboxylic acids is 1. The number of hydrogen-bond donors (Lipinski definition) is 1. The van der Waals surface area contributed by atoms with Crippen LogP contribution in [-0.2, 0) is 4.79 Å². The highest BCUT2D eigenvalue weighted by Gasteiger charge is 2.25. The van der Waals surface area contributed by atoms with Gasteiger partial charge in [-0.2, -0.15) is 0 Å². The number of benzene rings is 2. The van der Waals surface area contributed by atoms with Crippen LogP contribution in [0.25, 0.3) is 16.9 Å². The van der Waals surface area contributed by atoms with Gasteiger partial charge in [0.25, 0.3) is 5.69 Å². The standard InChI is InChI=1S/C23H20N4O4/c1-15(28)24-21(16-9-11-19(31-2)12-10-16)23-22(25-20-8-3-4-13-26(20)23)17-6-5-7-18(14-17)27(29)30/h3-14,21H,1-2H3,(H,24,28). The van der Waals surface area contributed by atoms with E-state index in [2.05, 4.69) is 5.32 Å². The zero-order valence-electron chi connectivity index (χ0n) is 17.0. The van der Waals surface area contributed by atoms with Gasteiger partial charge in [0, 0.05) is 30.8 Å². The van der Waals surface area contributed by atoms with E-state index in [1.165, 1.54) is 19.1 Å². The fraction of sp³-hybridized carbons (Fsp3) is 0.130. The lowest BCUT2D eigenvalue weighted by Gasteiger charge is -2.20. The number of non-ortho nitro benzene ring substituents is 1. The van der Waals surface area contributed by atoms with Crippen molar-refractivity contribution in [1.82, 2.24) is 14.7 Å². The molecule has 2 aromatic heterocycles. The SMILES string of the molecule is COc1ccc(C(NC(C)=O)c2c(-c3cccc([N+](=O)[O-])c3)nc3ccccn23)cc1. The highest BCUT2D eigenvalue weighted by atomic mass is 16.6. The molecule has 156 valence electrons. The number of hydrogen-bond acceptors (Lipinski definition) is 5. The molecule has 8 nitrogen and oxygen atoms in total. The van der Waals surface area contributed by atoms with Crippen molar-refractivity contribution >= 4 is 17.2 Å². The summed E-state index contributed by atoms with van der Waals surface area (Å²) in [6.45, 7) is 1.45. The number of fused-ring (bicyclic) bond motifs is 1. The summed E-state index contributed by atoms with van der Waals surface area (Å²) in [6, 6.07) is 18.8. The summed E-state index contributed by atoms with van der Waals surface area (Å²) >= 11 is 0. The lowest BCUT2D eigenvalue weighted by Crippen LogP contribution is -2.28. The number of imidazole rings is 1. The molecule has 0 spiro atoms. The van der Waals surface area contributed by atoms with Gasteiger partial charge in [-0.25, -0.2) is 4.98 Å². The molecule has 0 radical (unpaired) electrons. The van der Waals surface area contributed by atoms with Gasteiger partial charge >= 0.3 is 0 Å². The van der Waals surface area contributed by atoms with Gasteiger partial charge < -0.3 is 14.5 Å². The summed E-state index contributed by atoms with van der Waals surface area (Å²) in [5, 5.41) is 14.3. The highest BCUT2D eigenvalue weighted by Crippen LogP contribution is 2.34. The zero-order chi connectivity index (χ0) is 22.0. The van der Waals surface area contributed by atoms with Gasteiger partial charge in [-0.15, -0.1) is 0 Å². The Morgan fingerprint density at radius 2 is 1.90 bits per heavy atom. The van der Waals surface area contributed by atoms with Crippen LogP contribution >= 0.6 is 0 Å². The normalized spacial score (nSPS) is 11.8. The van der Waals surface area contributed by atoms with Crippen LogP contribution in [0.5, 0.6) is 5.75 Å². The summed E-state index contributed by atoms with van der Waals surface area (Å²) in [6.07, 6.45) is 1.86. The van der Waals surface area contributed by atoms with Crippen LogP contribution in [0.1, 0.15) is 24.2 Å². The summed E-state index contributed by atoms with van der Waals surface area (Å²) < 4.78 is 7.14. The largest absolute Gasteiger partial charge is 0.497 e. The van der Waals surface area contributed by atoms with E-state index in [4.69, 9.17) is 9.72 Å². The van der Waals surface area contributed by atoms with Gasteiger partial charge in [-0.05, 0) is 29.8 Å². The minimum atomic E-state index is -0.532. The first-order valence-corrected chi connectivity index (χ1v) is 9.61. The first-order chi connectivity index (χ1) is 15.0. The summed E-state index contributed by atoms with van der Waals surface area (Å²) in [4.78, 5) is 27.7. The maximum atomic E-state index is 12.1. The third-order valence-electron chi connectivity index (χ3n) is 4.97. The Bertz CT molecular complexity index is 1260. The molecular formula is C23H20N4O4. The first-order valence-electron chi connectivity index (χ1n) is 9.61. The van der Waals surface area contributed by atoms with Crippen LogP contribution in [0.15, 0.2) is 72.9 Å². The smallest absolute Gasteiger partial charge is 0.270 e. The molecule has 0 saturated heterocycles. The molecule has 2 heterocycles. The van der Waals surface area contributed by atoms with Gasteiger partial charge in [-0.1, -0.05) is 30.3 Å². The van der Waals surface area contributed by atoms with Crippen molar-refractivity contribution < 1.29 is 14.5 Å². The molecule has 8 heteroatoms. The molecule has 1 unspecified atom stereocenters. The van der Waals surface area contributed by atoms with E-state index in [-0.39, 0.29) is 11.6 Å². The lowest BCUT2D eigenvalue weighted by atomic mass is 9.98. The molecule has 0 saturated carbocycles. The van der Waals surface area contributed by atoms with Gasteiger partial charge in [-0.3, -0.25) is 14.9 Å². The number of aromatic nitrogens is 2. The Labute approximate surface area is 178 Å². The molecule has 1 N–H and O–H groups in total. The van der Waals surface area contributed by atoms with Crippen molar-refractivity contribution in [1.29, 1.82) is 0 Å². The topological polar surface area (TPSA) is 98.8 Å². The number of nitrogens with one attached hydrogen (secondary N) is 1. The van der Waals surface area contributed by atoms with Gasteiger partial charge in [0.2, 0.25) is 5.91 Å². The van der Waals surface area contributed by atoms with E-state index in [1.807, 2.05) is 53.1 Å². The first kappa shape index (κ1) is 20.1. The quantitative estimate of drug-likeness (QED) is 0.376. The Hall–Kier alpha value is -4.20.